The Morgan fingerprint density at radius 3 is 3.18 bits per heavy atom. The van der Waals surface area contributed by atoms with Crippen LogP contribution in [0.2, 0.25) is 0 Å². The van der Waals surface area contributed by atoms with E-state index in [9.17, 15) is 4.79 Å². The number of nitrogens with zero attached hydrogens (tertiary/aromatic N) is 2. The number of benzene rings is 1. The molecule has 0 aliphatic carbocycles. The van der Waals surface area contributed by atoms with Crippen LogP contribution in [0.3, 0.4) is 0 Å². The molecule has 0 saturated carbocycles. The largest absolute Gasteiger partial charge is 0.493 e. The van der Waals surface area contributed by atoms with Gasteiger partial charge in [0.05, 0.1) is 6.61 Å². The van der Waals surface area contributed by atoms with Crippen LogP contribution in [0.1, 0.15) is 11.1 Å². The molecule has 2 rings (SSSR count). The van der Waals surface area contributed by atoms with Crippen LogP contribution >= 0.6 is 0 Å². The van der Waals surface area contributed by atoms with E-state index in [0.717, 1.165) is 25.2 Å². The molecule has 0 atom stereocenters. The van der Waals surface area contributed by atoms with Gasteiger partial charge < -0.3 is 9.64 Å². The van der Waals surface area contributed by atoms with Gasteiger partial charge in [-0.25, -0.2) is 0 Å². The Morgan fingerprint density at radius 1 is 1.59 bits per heavy atom. The summed E-state index contributed by atoms with van der Waals surface area (Å²) in [7, 11) is 1.64. The molecule has 1 amide bonds. The molecule has 1 aliphatic heterocycles. The van der Waals surface area contributed by atoms with Crippen LogP contribution in [0.15, 0.2) is 18.2 Å². The van der Waals surface area contributed by atoms with Crippen molar-refractivity contribution in [3.8, 4) is 11.8 Å². The van der Waals surface area contributed by atoms with Gasteiger partial charge in [-0.1, -0.05) is 12.1 Å². The zero-order chi connectivity index (χ0) is 12.3. The summed E-state index contributed by atoms with van der Waals surface area (Å²) in [6.07, 6.45) is 1.72. The zero-order valence-electron chi connectivity index (χ0n) is 9.77. The van der Waals surface area contributed by atoms with Gasteiger partial charge in [0, 0.05) is 20.0 Å². The van der Waals surface area contributed by atoms with Crippen molar-refractivity contribution >= 4 is 5.91 Å². The molecule has 1 aromatic carbocycles. The third-order valence-corrected chi connectivity index (χ3v) is 2.93. The number of carbonyl (C=O) groups excluding carboxylic acids is 1. The summed E-state index contributed by atoms with van der Waals surface area (Å²) in [6.45, 7) is 1.32. The lowest BCUT2D eigenvalue weighted by molar-refractivity contribution is -0.124. The minimum absolute atomic E-state index is 0.491. The topological polar surface area (TPSA) is 53.3 Å². The van der Waals surface area contributed by atoms with Gasteiger partial charge in [0.15, 0.2) is 6.07 Å². The van der Waals surface area contributed by atoms with Crippen molar-refractivity contribution < 1.29 is 9.53 Å². The zero-order valence-corrected chi connectivity index (χ0v) is 9.77. The van der Waals surface area contributed by atoms with Crippen molar-refractivity contribution in [1.82, 2.24) is 4.90 Å². The SMILES string of the molecule is CN(CCc1ccc2c(c1)CCO2)C(=O)C#N. The van der Waals surface area contributed by atoms with Crippen molar-refractivity contribution in [3.63, 3.8) is 0 Å². The normalized spacial score (nSPS) is 12.5. The van der Waals surface area contributed by atoms with E-state index in [2.05, 4.69) is 6.07 Å². The van der Waals surface area contributed by atoms with Gasteiger partial charge >= 0.3 is 5.91 Å². The van der Waals surface area contributed by atoms with Crippen molar-refractivity contribution in [2.24, 2.45) is 0 Å². The van der Waals surface area contributed by atoms with E-state index in [1.165, 1.54) is 16.0 Å². The lowest BCUT2D eigenvalue weighted by atomic mass is 10.1. The summed E-state index contributed by atoms with van der Waals surface area (Å²) in [5.41, 5.74) is 2.41. The van der Waals surface area contributed by atoms with Crippen molar-refractivity contribution in [3.05, 3.63) is 29.3 Å². The van der Waals surface area contributed by atoms with Gasteiger partial charge in [-0.3, -0.25) is 4.79 Å². The molecule has 0 unspecified atom stereocenters. The first-order chi connectivity index (χ1) is 8.20. The van der Waals surface area contributed by atoms with Gasteiger partial charge in [-0.2, -0.15) is 5.26 Å². The van der Waals surface area contributed by atoms with E-state index in [1.807, 2.05) is 12.1 Å². The molecule has 0 radical (unpaired) electrons. The molecule has 0 aromatic heterocycles. The molecule has 4 nitrogen and oxygen atoms in total. The van der Waals surface area contributed by atoms with Gasteiger partial charge in [-0.15, -0.1) is 0 Å². The number of nitriles is 1. The van der Waals surface area contributed by atoms with Crippen LogP contribution in [-0.2, 0) is 17.6 Å². The van der Waals surface area contributed by atoms with E-state index < -0.39 is 5.91 Å². The van der Waals surface area contributed by atoms with E-state index in [-0.39, 0.29) is 0 Å². The second-order valence-electron chi connectivity index (χ2n) is 4.13. The van der Waals surface area contributed by atoms with Crippen LogP contribution in [0.5, 0.6) is 5.75 Å². The number of likely N-dealkylation sites (N-methyl/N-ethyl adjacent to an activating group) is 1. The second kappa shape index (κ2) is 4.88. The highest BCUT2D eigenvalue weighted by molar-refractivity contribution is 5.90. The minimum Gasteiger partial charge on any atom is -0.493 e. The molecular formula is C13H14N2O2. The molecule has 0 N–H and O–H groups in total. The molecule has 0 spiro atoms. The smallest absolute Gasteiger partial charge is 0.324 e. The molecule has 17 heavy (non-hydrogen) atoms. The van der Waals surface area contributed by atoms with E-state index in [1.54, 1.807) is 13.1 Å². The molecule has 0 fully saturated rings. The lowest BCUT2D eigenvalue weighted by Crippen LogP contribution is -2.27. The van der Waals surface area contributed by atoms with Crippen LogP contribution in [-0.4, -0.2) is 31.0 Å². The van der Waals surface area contributed by atoms with Crippen LogP contribution in [0.25, 0.3) is 0 Å². The fourth-order valence-corrected chi connectivity index (χ4v) is 1.88. The average molecular weight is 230 g/mol. The maximum atomic E-state index is 11.1. The second-order valence-corrected chi connectivity index (χ2v) is 4.13. The number of carbonyl (C=O) groups is 1. The average Bonchev–Trinajstić information content (AvgIpc) is 2.82. The Labute approximate surface area is 100 Å². The standard InChI is InChI=1S/C13H14N2O2/c1-15(13(16)9-14)6-4-10-2-3-12-11(8-10)5-7-17-12/h2-3,8H,4-7H2,1H3. The van der Waals surface area contributed by atoms with Gasteiger partial charge in [-0.05, 0) is 23.6 Å². The first-order valence-corrected chi connectivity index (χ1v) is 5.60. The number of hydrogen-bond acceptors (Lipinski definition) is 3. The highest BCUT2D eigenvalue weighted by Gasteiger charge is 2.12. The van der Waals surface area contributed by atoms with E-state index >= 15 is 0 Å². The summed E-state index contributed by atoms with van der Waals surface area (Å²) >= 11 is 0. The summed E-state index contributed by atoms with van der Waals surface area (Å²) in [6, 6.07) is 7.71. The molecule has 0 bridgehead atoms. The monoisotopic (exact) mass is 230 g/mol. The van der Waals surface area contributed by atoms with Gasteiger partial charge in [0.2, 0.25) is 0 Å². The van der Waals surface area contributed by atoms with Gasteiger partial charge in [0.25, 0.3) is 0 Å². The quantitative estimate of drug-likeness (QED) is 0.732. The van der Waals surface area contributed by atoms with Crippen molar-refractivity contribution in [1.29, 1.82) is 5.26 Å². The van der Waals surface area contributed by atoms with Crippen LogP contribution in [0.4, 0.5) is 0 Å². The predicted molar refractivity (Wildman–Crippen MR) is 62.6 cm³/mol. The van der Waals surface area contributed by atoms with Gasteiger partial charge in [0.1, 0.15) is 5.75 Å². The highest BCUT2D eigenvalue weighted by Crippen LogP contribution is 2.25. The summed E-state index contributed by atoms with van der Waals surface area (Å²) in [5.74, 6) is 0.477. The molecule has 1 aromatic rings. The van der Waals surface area contributed by atoms with Crippen molar-refractivity contribution in [2.45, 2.75) is 12.8 Å². The first-order valence-electron chi connectivity index (χ1n) is 5.60. The van der Waals surface area contributed by atoms with E-state index in [4.69, 9.17) is 10.00 Å². The molecule has 1 aliphatic rings. The minimum atomic E-state index is -0.491. The first kappa shape index (κ1) is 11.5. The Balaban J connectivity index is 1.96. The van der Waals surface area contributed by atoms with Crippen LogP contribution < -0.4 is 4.74 Å². The number of hydrogen-bond donors (Lipinski definition) is 0. The fraction of sp³-hybridized carbons (Fsp3) is 0.385. The molecule has 0 saturated heterocycles. The molecule has 4 heteroatoms. The summed E-state index contributed by atoms with van der Waals surface area (Å²) < 4.78 is 5.43. The molecular weight excluding hydrogens is 216 g/mol. The fourth-order valence-electron chi connectivity index (χ4n) is 1.88. The third-order valence-electron chi connectivity index (χ3n) is 2.93. The molecule has 1 heterocycles. The predicted octanol–water partition coefficient (Wildman–Crippen LogP) is 1.15. The van der Waals surface area contributed by atoms with Crippen molar-refractivity contribution in [2.75, 3.05) is 20.2 Å². The Kier molecular flexibility index (Phi) is 3.29. The number of fused-ring (bicyclic) bond motifs is 1. The lowest BCUT2D eigenvalue weighted by Gasteiger charge is -2.13. The Hall–Kier alpha value is -2.02. The Bertz CT molecular complexity index is 477. The maximum absolute atomic E-state index is 11.1. The third kappa shape index (κ3) is 2.56. The Morgan fingerprint density at radius 2 is 2.41 bits per heavy atom. The number of ether oxygens (including phenoxy) is 1. The maximum Gasteiger partial charge on any atom is 0.324 e. The van der Waals surface area contributed by atoms with Crippen LogP contribution in [0, 0.1) is 11.3 Å². The summed E-state index contributed by atoms with van der Waals surface area (Å²) in [5, 5.41) is 8.47. The number of rotatable bonds is 3. The van der Waals surface area contributed by atoms with E-state index in [0.29, 0.717) is 6.54 Å². The highest BCUT2D eigenvalue weighted by atomic mass is 16.5. The summed E-state index contributed by atoms with van der Waals surface area (Å²) in [4.78, 5) is 12.5. The number of amides is 1. The molecule has 88 valence electrons.